The molecule has 2 heterocycles. The van der Waals surface area contributed by atoms with Crippen molar-refractivity contribution in [3.8, 4) is 5.75 Å². The number of hydrogen-bond donors (Lipinski definition) is 1. The van der Waals surface area contributed by atoms with E-state index in [9.17, 15) is 19.1 Å². The fourth-order valence-corrected chi connectivity index (χ4v) is 4.31. The molecule has 0 aromatic heterocycles. The van der Waals surface area contributed by atoms with Crippen molar-refractivity contribution >= 4 is 23.1 Å². The molecule has 1 unspecified atom stereocenters. The number of benzene rings is 2. The van der Waals surface area contributed by atoms with Crippen molar-refractivity contribution in [1.29, 1.82) is 0 Å². The third-order valence-corrected chi connectivity index (χ3v) is 6.05. The second-order valence-electron chi connectivity index (χ2n) is 8.77. The summed E-state index contributed by atoms with van der Waals surface area (Å²) in [6.07, 6.45) is 0.568. The molecule has 2 aromatic rings. The zero-order valence-electron chi connectivity index (χ0n) is 19.6. The molecule has 1 N–H and O–H groups in total. The second kappa shape index (κ2) is 9.85. The topological polar surface area (TPSA) is 79.3 Å². The highest BCUT2D eigenvalue weighted by molar-refractivity contribution is 6.46. The van der Waals surface area contributed by atoms with Gasteiger partial charge in [-0.1, -0.05) is 12.1 Å². The number of anilines is 1. The van der Waals surface area contributed by atoms with Gasteiger partial charge in [0.25, 0.3) is 11.7 Å². The van der Waals surface area contributed by atoms with E-state index in [4.69, 9.17) is 9.47 Å². The molecular weight excluding hydrogens is 439 g/mol. The molecule has 1 atom stereocenters. The van der Waals surface area contributed by atoms with Gasteiger partial charge in [0.05, 0.1) is 30.0 Å². The maximum atomic E-state index is 13.6. The quantitative estimate of drug-likeness (QED) is 0.288. The molecule has 34 heavy (non-hydrogen) atoms. The molecule has 1 fully saturated rings. The molecule has 0 bridgehead atoms. The first-order valence-electron chi connectivity index (χ1n) is 11.4. The van der Waals surface area contributed by atoms with Gasteiger partial charge in [0.1, 0.15) is 23.9 Å². The first-order chi connectivity index (χ1) is 16.3. The van der Waals surface area contributed by atoms with E-state index >= 15 is 0 Å². The average Bonchev–Trinajstić information content (AvgIpc) is 3.07. The number of carbonyl (C=O) groups is 2. The highest BCUT2D eigenvalue weighted by Crippen LogP contribution is 2.41. The second-order valence-corrected chi connectivity index (χ2v) is 8.77. The van der Waals surface area contributed by atoms with Crippen molar-refractivity contribution in [1.82, 2.24) is 4.90 Å². The van der Waals surface area contributed by atoms with E-state index in [-0.39, 0.29) is 24.0 Å². The monoisotopic (exact) mass is 468 g/mol. The molecular formula is C26H29FN2O5. The minimum Gasteiger partial charge on any atom is -0.507 e. The molecule has 4 rings (SSSR count). The van der Waals surface area contributed by atoms with Crippen molar-refractivity contribution in [2.24, 2.45) is 0 Å². The number of Topliss-reactive ketones (excluding diaryl/α,β-unsaturated/α-hetero) is 1. The zero-order chi connectivity index (χ0) is 24.4. The minimum absolute atomic E-state index is 0.0132. The van der Waals surface area contributed by atoms with Gasteiger partial charge >= 0.3 is 0 Å². The number of carbonyl (C=O) groups excluding carboxylic acids is 2. The predicted molar refractivity (Wildman–Crippen MR) is 126 cm³/mol. The van der Waals surface area contributed by atoms with Crippen molar-refractivity contribution in [2.75, 3.05) is 38.3 Å². The van der Waals surface area contributed by atoms with Gasteiger partial charge in [0.2, 0.25) is 0 Å². The van der Waals surface area contributed by atoms with Gasteiger partial charge in [-0.25, -0.2) is 4.39 Å². The summed E-state index contributed by atoms with van der Waals surface area (Å²) in [5, 5.41) is 11.3. The Morgan fingerprint density at radius 2 is 1.94 bits per heavy atom. The first-order valence-corrected chi connectivity index (χ1v) is 11.4. The number of aliphatic hydroxyl groups is 1. The van der Waals surface area contributed by atoms with Crippen LogP contribution in [0.15, 0.2) is 48.0 Å². The molecule has 2 aliphatic rings. The average molecular weight is 469 g/mol. The minimum atomic E-state index is -0.829. The van der Waals surface area contributed by atoms with Crippen molar-refractivity contribution in [3.63, 3.8) is 0 Å². The van der Waals surface area contributed by atoms with Gasteiger partial charge in [-0.15, -0.1) is 0 Å². The highest BCUT2D eigenvalue weighted by atomic mass is 19.1. The summed E-state index contributed by atoms with van der Waals surface area (Å²) in [4.78, 5) is 29.6. The molecule has 2 aliphatic heterocycles. The molecule has 8 heteroatoms. The van der Waals surface area contributed by atoms with E-state index in [0.717, 1.165) is 5.69 Å². The molecule has 2 aromatic carbocycles. The summed E-state index contributed by atoms with van der Waals surface area (Å²) in [6, 6.07) is 9.95. The molecule has 0 aliphatic carbocycles. The Morgan fingerprint density at radius 1 is 1.21 bits per heavy atom. The van der Waals surface area contributed by atoms with Gasteiger partial charge in [-0.2, -0.15) is 0 Å². The lowest BCUT2D eigenvalue weighted by atomic mass is 9.95. The SMILES string of the molecule is CC(C)OCCCN1C(=O)C(=O)/C(=C(\O)c2ccc3c(c2)N(C)CCO3)C1c1ccc(F)cc1. The van der Waals surface area contributed by atoms with Crippen LogP contribution in [0.25, 0.3) is 5.76 Å². The van der Waals surface area contributed by atoms with Gasteiger partial charge in [0.15, 0.2) is 0 Å². The summed E-state index contributed by atoms with van der Waals surface area (Å²) in [5.74, 6) is -1.47. The van der Waals surface area contributed by atoms with Crippen LogP contribution >= 0.6 is 0 Å². The Kier molecular flexibility index (Phi) is 6.88. The van der Waals surface area contributed by atoms with Gasteiger partial charge in [-0.05, 0) is 56.2 Å². The Balaban J connectivity index is 1.75. The van der Waals surface area contributed by atoms with Gasteiger partial charge in [0, 0.05) is 25.8 Å². The van der Waals surface area contributed by atoms with Crippen LogP contribution in [0.4, 0.5) is 10.1 Å². The van der Waals surface area contributed by atoms with E-state index in [1.165, 1.54) is 29.2 Å². The highest BCUT2D eigenvalue weighted by Gasteiger charge is 2.45. The Bertz CT molecular complexity index is 1110. The molecule has 0 spiro atoms. The number of aliphatic hydroxyl groups excluding tert-OH is 1. The molecule has 0 saturated carbocycles. The van der Waals surface area contributed by atoms with E-state index in [0.29, 0.717) is 43.1 Å². The number of hydrogen-bond acceptors (Lipinski definition) is 6. The molecule has 1 amide bonds. The van der Waals surface area contributed by atoms with Gasteiger partial charge in [-0.3, -0.25) is 9.59 Å². The van der Waals surface area contributed by atoms with E-state index < -0.39 is 23.5 Å². The Labute approximate surface area is 198 Å². The summed E-state index contributed by atoms with van der Waals surface area (Å²) < 4.78 is 24.9. The lowest BCUT2D eigenvalue weighted by molar-refractivity contribution is -0.140. The number of ketones is 1. The van der Waals surface area contributed by atoms with Crippen LogP contribution in [0.5, 0.6) is 5.75 Å². The number of nitrogens with zero attached hydrogens (tertiary/aromatic N) is 2. The Hall–Kier alpha value is -3.39. The third-order valence-electron chi connectivity index (χ3n) is 6.05. The number of amides is 1. The maximum absolute atomic E-state index is 13.6. The largest absolute Gasteiger partial charge is 0.507 e. The normalized spacial score (nSPS) is 19.5. The molecule has 7 nitrogen and oxygen atoms in total. The number of rotatable bonds is 7. The number of likely N-dealkylation sites (N-methyl/N-ethyl adjacent to an activating group) is 1. The molecule has 1 saturated heterocycles. The summed E-state index contributed by atoms with van der Waals surface area (Å²) in [7, 11) is 1.92. The summed E-state index contributed by atoms with van der Waals surface area (Å²) >= 11 is 0. The fraction of sp³-hybridized carbons (Fsp3) is 0.385. The number of halogens is 1. The van der Waals surface area contributed by atoms with Crippen molar-refractivity contribution in [3.05, 3.63) is 65.0 Å². The van der Waals surface area contributed by atoms with Crippen LogP contribution in [-0.2, 0) is 14.3 Å². The van der Waals surface area contributed by atoms with Crippen LogP contribution in [0.3, 0.4) is 0 Å². The van der Waals surface area contributed by atoms with E-state index in [1.807, 2.05) is 25.8 Å². The molecule has 180 valence electrons. The van der Waals surface area contributed by atoms with Gasteiger partial charge < -0.3 is 24.4 Å². The zero-order valence-corrected chi connectivity index (χ0v) is 19.6. The Morgan fingerprint density at radius 3 is 2.65 bits per heavy atom. The predicted octanol–water partition coefficient (Wildman–Crippen LogP) is 3.89. The fourth-order valence-electron chi connectivity index (χ4n) is 4.31. The van der Waals surface area contributed by atoms with E-state index in [1.54, 1.807) is 18.2 Å². The van der Waals surface area contributed by atoms with Crippen LogP contribution in [-0.4, -0.2) is 61.2 Å². The lowest BCUT2D eigenvalue weighted by Crippen LogP contribution is -2.31. The van der Waals surface area contributed by atoms with Crippen LogP contribution < -0.4 is 9.64 Å². The lowest BCUT2D eigenvalue weighted by Gasteiger charge is -2.28. The third kappa shape index (κ3) is 4.63. The standard InChI is InChI=1S/C26H29FN2O5/c1-16(2)33-13-4-11-29-23(17-5-8-19(27)9-6-17)22(25(31)26(29)32)24(30)18-7-10-21-20(15-18)28(3)12-14-34-21/h5-10,15-16,23,30H,4,11-14H2,1-3H3/b24-22-. The van der Waals surface area contributed by atoms with Crippen molar-refractivity contribution in [2.45, 2.75) is 32.4 Å². The summed E-state index contributed by atoms with van der Waals surface area (Å²) in [5.41, 5.74) is 1.73. The first kappa shape index (κ1) is 23.8. The summed E-state index contributed by atoms with van der Waals surface area (Å²) in [6.45, 7) is 5.78. The molecule has 0 radical (unpaired) electrons. The maximum Gasteiger partial charge on any atom is 0.295 e. The van der Waals surface area contributed by atoms with Crippen LogP contribution in [0, 0.1) is 5.82 Å². The van der Waals surface area contributed by atoms with Crippen LogP contribution in [0.1, 0.15) is 37.4 Å². The number of likely N-dealkylation sites (tertiary alicyclic amines) is 1. The van der Waals surface area contributed by atoms with Crippen molar-refractivity contribution < 1.29 is 28.6 Å². The number of fused-ring (bicyclic) bond motifs is 1. The smallest absolute Gasteiger partial charge is 0.295 e. The van der Waals surface area contributed by atoms with E-state index in [2.05, 4.69) is 0 Å². The number of ether oxygens (including phenoxy) is 2. The van der Waals surface area contributed by atoms with Crippen LogP contribution in [0.2, 0.25) is 0 Å².